The van der Waals surface area contributed by atoms with Gasteiger partial charge in [-0.15, -0.1) is 0 Å². The Labute approximate surface area is 113 Å². The molecule has 1 heterocycles. The molecule has 0 spiro atoms. The van der Waals surface area contributed by atoms with E-state index in [2.05, 4.69) is 0 Å². The Morgan fingerprint density at radius 1 is 1.05 bits per heavy atom. The van der Waals surface area contributed by atoms with Crippen molar-refractivity contribution in [3.63, 3.8) is 0 Å². The highest BCUT2D eigenvalue weighted by Crippen LogP contribution is 2.40. The molecule has 5 heteroatoms. The minimum absolute atomic E-state index is 0.154. The van der Waals surface area contributed by atoms with Crippen molar-refractivity contribution in [1.29, 1.82) is 0 Å². The van der Waals surface area contributed by atoms with Crippen molar-refractivity contribution in [2.24, 2.45) is 0 Å². The van der Waals surface area contributed by atoms with Crippen molar-refractivity contribution in [2.45, 2.75) is 18.6 Å². The molecule has 0 saturated heterocycles. The molecule has 2 atom stereocenters. The lowest BCUT2D eigenvalue weighted by molar-refractivity contribution is 0.0653. The van der Waals surface area contributed by atoms with Crippen LogP contribution in [0, 0.1) is 17.5 Å². The van der Waals surface area contributed by atoms with Crippen molar-refractivity contribution >= 4 is 0 Å². The standard InChI is InChI=1S/C15H11F3O2/c16-10-5-8(6-11(17)15(10)18)14-7-12(19)9-3-1-2-4-13(9)20-14/h1-6,12,14,19H,7H2. The number of hydrogen-bond acceptors (Lipinski definition) is 2. The molecule has 0 radical (unpaired) electrons. The number of para-hydroxylation sites is 1. The van der Waals surface area contributed by atoms with E-state index in [1.165, 1.54) is 0 Å². The number of ether oxygens (including phenoxy) is 1. The predicted octanol–water partition coefficient (Wildman–Crippen LogP) is 3.66. The number of fused-ring (bicyclic) bond motifs is 1. The van der Waals surface area contributed by atoms with Crippen LogP contribution in [0.4, 0.5) is 13.2 Å². The lowest BCUT2D eigenvalue weighted by Gasteiger charge is -2.29. The van der Waals surface area contributed by atoms with Gasteiger partial charge in [-0.2, -0.15) is 0 Å². The van der Waals surface area contributed by atoms with Crippen LogP contribution in [0.3, 0.4) is 0 Å². The van der Waals surface area contributed by atoms with Crippen LogP contribution in [0.1, 0.15) is 29.8 Å². The average Bonchev–Trinajstić information content (AvgIpc) is 2.44. The molecule has 2 nitrogen and oxygen atoms in total. The van der Waals surface area contributed by atoms with Crippen molar-refractivity contribution in [1.82, 2.24) is 0 Å². The van der Waals surface area contributed by atoms with Gasteiger partial charge in [-0.3, -0.25) is 0 Å². The van der Waals surface area contributed by atoms with E-state index in [0.717, 1.165) is 12.1 Å². The highest BCUT2D eigenvalue weighted by molar-refractivity contribution is 5.38. The summed E-state index contributed by atoms with van der Waals surface area (Å²) in [7, 11) is 0. The molecule has 0 aromatic heterocycles. The Morgan fingerprint density at radius 3 is 2.40 bits per heavy atom. The zero-order valence-corrected chi connectivity index (χ0v) is 10.3. The lowest BCUT2D eigenvalue weighted by atomic mass is 9.95. The Morgan fingerprint density at radius 2 is 1.70 bits per heavy atom. The largest absolute Gasteiger partial charge is 0.485 e. The van der Waals surface area contributed by atoms with Crippen LogP contribution >= 0.6 is 0 Å². The van der Waals surface area contributed by atoms with E-state index in [9.17, 15) is 18.3 Å². The molecule has 1 aliphatic heterocycles. The molecular weight excluding hydrogens is 269 g/mol. The molecule has 104 valence electrons. The van der Waals surface area contributed by atoms with E-state index in [0.29, 0.717) is 11.3 Å². The monoisotopic (exact) mass is 280 g/mol. The summed E-state index contributed by atoms with van der Waals surface area (Å²) in [5, 5.41) is 10.0. The van der Waals surface area contributed by atoms with Crippen LogP contribution in [0.2, 0.25) is 0 Å². The quantitative estimate of drug-likeness (QED) is 0.808. The van der Waals surface area contributed by atoms with E-state index < -0.39 is 29.7 Å². The summed E-state index contributed by atoms with van der Waals surface area (Å²) in [4.78, 5) is 0. The molecule has 0 aliphatic carbocycles. The molecule has 0 saturated carbocycles. The molecule has 2 unspecified atom stereocenters. The van der Waals surface area contributed by atoms with E-state index in [1.807, 2.05) is 0 Å². The fourth-order valence-corrected chi connectivity index (χ4v) is 2.36. The fourth-order valence-electron chi connectivity index (χ4n) is 2.36. The van der Waals surface area contributed by atoms with Gasteiger partial charge in [0.05, 0.1) is 6.10 Å². The summed E-state index contributed by atoms with van der Waals surface area (Å²) in [5.41, 5.74) is 0.793. The first-order valence-corrected chi connectivity index (χ1v) is 6.14. The second-order valence-electron chi connectivity index (χ2n) is 4.69. The molecule has 0 bridgehead atoms. The molecule has 20 heavy (non-hydrogen) atoms. The van der Waals surface area contributed by atoms with Gasteiger partial charge in [0.1, 0.15) is 11.9 Å². The maximum atomic E-state index is 13.3. The van der Waals surface area contributed by atoms with E-state index >= 15 is 0 Å². The van der Waals surface area contributed by atoms with Crippen LogP contribution in [0.5, 0.6) is 5.75 Å². The predicted molar refractivity (Wildman–Crippen MR) is 65.7 cm³/mol. The van der Waals surface area contributed by atoms with Gasteiger partial charge < -0.3 is 9.84 Å². The third-order valence-electron chi connectivity index (χ3n) is 3.36. The molecule has 0 fully saturated rings. The first kappa shape index (κ1) is 13.0. The average molecular weight is 280 g/mol. The van der Waals surface area contributed by atoms with Crippen molar-refractivity contribution in [3.05, 3.63) is 65.0 Å². The number of benzene rings is 2. The minimum atomic E-state index is -1.51. The van der Waals surface area contributed by atoms with Crippen LogP contribution in [-0.2, 0) is 0 Å². The van der Waals surface area contributed by atoms with Gasteiger partial charge in [0, 0.05) is 12.0 Å². The van der Waals surface area contributed by atoms with E-state index in [1.54, 1.807) is 24.3 Å². The second kappa shape index (κ2) is 4.83. The van der Waals surface area contributed by atoms with Crippen LogP contribution in [0.25, 0.3) is 0 Å². The van der Waals surface area contributed by atoms with Crippen LogP contribution in [-0.4, -0.2) is 5.11 Å². The minimum Gasteiger partial charge on any atom is -0.485 e. The molecule has 2 aromatic rings. The zero-order chi connectivity index (χ0) is 14.3. The lowest BCUT2D eigenvalue weighted by Crippen LogP contribution is -2.19. The van der Waals surface area contributed by atoms with Crippen molar-refractivity contribution < 1.29 is 23.0 Å². The Kier molecular flexibility index (Phi) is 3.14. The smallest absolute Gasteiger partial charge is 0.194 e. The fraction of sp³-hybridized carbons (Fsp3) is 0.200. The van der Waals surface area contributed by atoms with E-state index in [-0.39, 0.29) is 12.0 Å². The van der Waals surface area contributed by atoms with Gasteiger partial charge in [-0.05, 0) is 23.8 Å². The molecular formula is C15H11F3O2. The summed E-state index contributed by atoms with van der Waals surface area (Å²) in [5.74, 6) is -3.58. The molecule has 3 rings (SSSR count). The third-order valence-corrected chi connectivity index (χ3v) is 3.36. The topological polar surface area (TPSA) is 29.5 Å². The number of hydrogen-bond donors (Lipinski definition) is 1. The summed E-state index contributed by atoms with van der Waals surface area (Å²) in [6.45, 7) is 0. The van der Waals surface area contributed by atoms with Gasteiger partial charge >= 0.3 is 0 Å². The van der Waals surface area contributed by atoms with Crippen molar-refractivity contribution in [2.75, 3.05) is 0 Å². The molecule has 1 aliphatic rings. The number of aliphatic hydroxyl groups is 1. The first-order valence-electron chi connectivity index (χ1n) is 6.14. The van der Waals surface area contributed by atoms with E-state index in [4.69, 9.17) is 4.74 Å². The summed E-state index contributed by atoms with van der Waals surface area (Å²) in [6.07, 6.45) is -1.35. The summed E-state index contributed by atoms with van der Waals surface area (Å²) >= 11 is 0. The Hall–Kier alpha value is -2.01. The van der Waals surface area contributed by atoms with Crippen molar-refractivity contribution in [3.8, 4) is 5.75 Å². The Balaban J connectivity index is 1.98. The van der Waals surface area contributed by atoms with Gasteiger partial charge in [0.15, 0.2) is 17.5 Å². The highest BCUT2D eigenvalue weighted by atomic mass is 19.2. The van der Waals surface area contributed by atoms with Gasteiger partial charge in [0.25, 0.3) is 0 Å². The maximum Gasteiger partial charge on any atom is 0.194 e. The van der Waals surface area contributed by atoms with Crippen LogP contribution < -0.4 is 4.74 Å². The SMILES string of the molecule is OC1CC(c2cc(F)c(F)c(F)c2)Oc2ccccc21. The molecule has 2 aromatic carbocycles. The Bertz CT molecular complexity index is 634. The normalized spacial score (nSPS) is 21.2. The molecule has 1 N–H and O–H groups in total. The number of aliphatic hydroxyl groups excluding tert-OH is 1. The third kappa shape index (κ3) is 2.14. The summed E-state index contributed by atoms with van der Waals surface area (Å²) < 4.78 is 45.1. The molecule has 0 amide bonds. The van der Waals surface area contributed by atoms with Gasteiger partial charge in [-0.1, -0.05) is 18.2 Å². The second-order valence-corrected chi connectivity index (χ2v) is 4.69. The van der Waals surface area contributed by atoms with Gasteiger partial charge in [0.2, 0.25) is 0 Å². The summed E-state index contributed by atoms with van der Waals surface area (Å²) in [6, 6.07) is 8.68. The highest BCUT2D eigenvalue weighted by Gasteiger charge is 2.29. The zero-order valence-electron chi connectivity index (χ0n) is 10.3. The maximum absolute atomic E-state index is 13.3. The first-order chi connectivity index (χ1) is 9.56. The number of halogens is 3. The number of rotatable bonds is 1. The van der Waals surface area contributed by atoms with Gasteiger partial charge in [-0.25, -0.2) is 13.2 Å². The van der Waals surface area contributed by atoms with Crippen LogP contribution in [0.15, 0.2) is 36.4 Å².